The molecular formula is C29H42N4O4S. The zero-order chi connectivity index (χ0) is 28.0. The van der Waals surface area contributed by atoms with Crippen LogP contribution in [0.5, 0.6) is 5.75 Å². The number of hydrogen-bond acceptors (Lipinski definition) is 5. The number of aryl methyl sites for hydroxylation is 2. The highest BCUT2D eigenvalue weighted by Gasteiger charge is 2.21. The number of hydrogen-bond donors (Lipinski definition) is 1. The maximum Gasteiger partial charge on any atom is 0.242 e. The third-order valence-electron chi connectivity index (χ3n) is 7.11. The van der Waals surface area contributed by atoms with Gasteiger partial charge in [-0.3, -0.25) is 9.59 Å². The lowest BCUT2D eigenvalue weighted by Gasteiger charge is -2.23. The molecule has 3 rings (SSSR count). The van der Waals surface area contributed by atoms with Gasteiger partial charge in [0.1, 0.15) is 16.7 Å². The molecule has 0 saturated carbocycles. The van der Waals surface area contributed by atoms with E-state index in [9.17, 15) is 13.8 Å². The molecule has 8 nitrogen and oxygen atoms in total. The third-order valence-corrected chi connectivity index (χ3v) is 8.80. The highest BCUT2D eigenvalue weighted by atomic mass is 32.2. The molecule has 1 N–H and O–H groups in total. The summed E-state index contributed by atoms with van der Waals surface area (Å²) in [7, 11) is 3.45. The van der Waals surface area contributed by atoms with E-state index >= 15 is 0 Å². The first-order valence-electron chi connectivity index (χ1n) is 13.1. The summed E-state index contributed by atoms with van der Waals surface area (Å²) in [6, 6.07) is 10.7. The summed E-state index contributed by atoms with van der Waals surface area (Å²) >= 11 is 0. The van der Waals surface area contributed by atoms with Crippen molar-refractivity contribution in [2.45, 2.75) is 58.0 Å². The minimum atomic E-state index is -1.52. The molecule has 0 radical (unpaired) electrons. The zero-order valence-electron chi connectivity index (χ0n) is 23.8. The maximum atomic E-state index is 13.1. The molecule has 1 unspecified atom stereocenters. The summed E-state index contributed by atoms with van der Waals surface area (Å²) < 4.78 is 19.8. The zero-order valence-corrected chi connectivity index (χ0v) is 24.6. The summed E-state index contributed by atoms with van der Waals surface area (Å²) in [5.74, 6) is 0.170. The first-order chi connectivity index (χ1) is 18.0. The Bertz CT molecular complexity index is 1160. The van der Waals surface area contributed by atoms with Crippen molar-refractivity contribution in [3.05, 3.63) is 58.1 Å². The van der Waals surface area contributed by atoms with Crippen LogP contribution in [0, 0.1) is 13.8 Å². The number of nitrogens with one attached hydrogen (secondary N) is 1. The van der Waals surface area contributed by atoms with Gasteiger partial charge in [-0.1, -0.05) is 18.2 Å². The van der Waals surface area contributed by atoms with E-state index in [1.807, 2.05) is 26.0 Å². The summed E-state index contributed by atoms with van der Waals surface area (Å²) in [6.07, 6.45) is 2.06. The molecule has 208 valence electrons. The van der Waals surface area contributed by atoms with Gasteiger partial charge in [-0.15, -0.1) is 0 Å². The van der Waals surface area contributed by atoms with Crippen LogP contribution in [0.3, 0.4) is 0 Å². The largest absolute Gasteiger partial charge is 0.497 e. The fourth-order valence-corrected chi connectivity index (χ4v) is 6.07. The van der Waals surface area contributed by atoms with Crippen molar-refractivity contribution in [1.29, 1.82) is 0 Å². The topological polar surface area (TPSA) is 82.2 Å². The Labute approximate surface area is 229 Å². The molecule has 0 saturated heterocycles. The second kappa shape index (κ2) is 13.4. The molecule has 0 bridgehead atoms. The predicted molar refractivity (Wildman–Crippen MR) is 152 cm³/mol. The predicted octanol–water partition coefficient (Wildman–Crippen LogP) is 2.85. The summed E-state index contributed by atoms with van der Waals surface area (Å²) in [4.78, 5) is 30.0. The molecule has 0 aromatic heterocycles. The van der Waals surface area contributed by atoms with Gasteiger partial charge in [-0.05, 0) is 80.5 Å². The van der Waals surface area contributed by atoms with Crippen LogP contribution in [0.1, 0.15) is 41.7 Å². The van der Waals surface area contributed by atoms with Crippen LogP contribution in [0.25, 0.3) is 0 Å². The SMILES string of the molecule is COc1cc(C)c(S(=O)N(C)CC(=O)NCC(=O)N(C)Cc2ccc3c(c2)CCN(C(C)C)CC3)c(C)c1. The summed E-state index contributed by atoms with van der Waals surface area (Å²) in [5.41, 5.74) is 5.50. The Hall–Kier alpha value is -2.75. The van der Waals surface area contributed by atoms with Crippen LogP contribution < -0.4 is 10.1 Å². The molecule has 2 aromatic carbocycles. The van der Waals surface area contributed by atoms with E-state index in [-0.39, 0.29) is 24.9 Å². The lowest BCUT2D eigenvalue weighted by Crippen LogP contribution is -2.42. The van der Waals surface area contributed by atoms with E-state index in [0.29, 0.717) is 23.2 Å². The number of rotatable bonds is 10. The molecule has 1 heterocycles. The van der Waals surface area contributed by atoms with Gasteiger partial charge in [0.05, 0.1) is 25.1 Å². The first-order valence-corrected chi connectivity index (χ1v) is 14.2. The second-order valence-electron chi connectivity index (χ2n) is 10.4. The normalized spacial score (nSPS) is 14.7. The van der Waals surface area contributed by atoms with Crippen molar-refractivity contribution in [3.63, 3.8) is 0 Å². The number of ether oxygens (including phenoxy) is 1. The standard InChI is InChI=1S/C29H42N4O4S/c1-20(2)33-12-10-24-9-8-23(16-25(24)11-13-33)18-31(5)28(35)17-30-27(34)19-32(6)38(36)29-21(3)14-26(37-7)15-22(29)4/h8-9,14-16,20H,10-13,17-19H2,1-7H3,(H,30,34). The lowest BCUT2D eigenvalue weighted by atomic mass is 10.00. The lowest BCUT2D eigenvalue weighted by molar-refractivity contribution is -0.132. The quantitative estimate of drug-likeness (QED) is 0.499. The van der Waals surface area contributed by atoms with Gasteiger partial charge in [0.2, 0.25) is 11.8 Å². The fraction of sp³-hybridized carbons (Fsp3) is 0.517. The number of methoxy groups -OCH3 is 1. The van der Waals surface area contributed by atoms with Crippen LogP contribution in [-0.2, 0) is 40.0 Å². The molecule has 2 aromatic rings. The molecular weight excluding hydrogens is 500 g/mol. The van der Waals surface area contributed by atoms with Gasteiger partial charge in [0.15, 0.2) is 0 Å². The average molecular weight is 543 g/mol. The number of fused-ring (bicyclic) bond motifs is 1. The van der Waals surface area contributed by atoms with Crippen molar-refractivity contribution < 1.29 is 18.5 Å². The highest BCUT2D eigenvalue weighted by molar-refractivity contribution is 7.82. The van der Waals surface area contributed by atoms with Gasteiger partial charge < -0.3 is 19.9 Å². The van der Waals surface area contributed by atoms with Crippen LogP contribution in [-0.4, -0.2) is 83.6 Å². The number of carbonyl (C=O) groups excluding carboxylic acids is 2. The van der Waals surface area contributed by atoms with E-state index in [1.54, 1.807) is 26.1 Å². The van der Waals surface area contributed by atoms with Crippen LogP contribution in [0.15, 0.2) is 35.2 Å². The summed E-state index contributed by atoms with van der Waals surface area (Å²) in [5, 5.41) is 2.68. The van der Waals surface area contributed by atoms with Gasteiger partial charge in [-0.2, -0.15) is 0 Å². The van der Waals surface area contributed by atoms with Crippen molar-refractivity contribution in [2.75, 3.05) is 47.4 Å². The Kier molecular flexibility index (Phi) is 10.5. The van der Waals surface area contributed by atoms with Gasteiger partial charge >= 0.3 is 0 Å². The third kappa shape index (κ3) is 7.65. The minimum absolute atomic E-state index is 0.0905. The number of likely N-dealkylation sites (N-methyl/N-ethyl adjacent to an activating group) is 2. The molecule has 2 amide bonds. The smallest absolute Gasteiger partial charge is 0.242 e. The van der Waals surface area contributed by atoms with Crippen molar-refractivity contribution in [1.82, 2.24) is 19.4 Å². The molecule has 1 aliphatic heterocycles. The number of nitrogens with zero attached hydrogens (tertiary/aromatic N) is 3. The molecule has 0 fully saturated rings. The van der Waals surface area contributed by atoms with E-state index in [4.69, 9.17) is 4.74 Å². The van der Waals surface area contributed by atoms with Crippen molar-refractivity contribution in [3.8, 4) is 5.75 Å². The van der Waals surface area contributed by atoms with Crippen molar-refractivity contribution >= 4 is 22.8 Å². The molecule has 1 aliphatic rings. The number of amides is 2. The summed E-state index contributed by atoms with van der Waals surface area (Å²) in [6.45, 7) is 10.6. The van der Waals surface area contributed by atoms with E-state index in [1.165, 1.54) is 15.4 Å². The van der Waals surface area contributed by atoms with E-state index < -0.39 is 11.0 Å². The van der Waals surface area contributed by atoms with Crippen LogP contribution in [0.2, 0.25) is 0 Å². The Morgan fingerprint density at radius 1 is 1.05 bits per heavy atom. The molecule has 38 heavy (non-hydrogen) atoms. The van der Waals surface area contributed by atoms with E-state index in [0.717, 1.165) is 42.6 Å². The van der Waals surface area contributed by atoms with Crippen molar-refractivity contribution in [2.24, 2.45) is 0 Å². The van der Waals surface area contributed by atoms with Gasteiger partial charge in [0, 0.05) is 39.8 Å². The van der Waals surface area contributed by atoms with Gasteiger partial charge in [0.25, 0.3) is 0 Å². The van der Waals surface area contributed by atoms with Crippen LogP contribution in [0.4, 0.5) is 0 Å². The Morgan fingerprint density at radius 3 is 2.29 bits per heavy atom. The Balaban J connectivity index is 1.50. The molecule has 9 heteroatoms. The van der Waals surface area contributed by atoms with Crippen LogP contribution >= 0.6 is 0 Å². The average Bonchev–Trinajstić information content (AvgIpc) is 3.09. The monoisotopic (exact) mass is 542 g/mol. The first kappa shape index (κ1) is 29.8. The molecule has 0 aliphatic carbocycles. The Morgan fingerprint density at radius 2 is 1.68 bits per heavy atom. The number of benzene rings is 2. The number of carbonyl (C=O) groups is 2. The van der Waals surface area contributed by atoms with E-state index in [2.05, 4.69) is 42.3 Å². The highest BCUT2D eigenvalue weighted by Crippen LogP contribution is 2.25. The molecule has 0 spiro atoms. The molecule has 1 atom stereocenters. The second-order valence-corrected chi connectivity index (χ2v) is 11.9. The van der Waals surface area contributed by atoms with Gasteiger partial charge in [-0.25, -0.2) is 8.51 Å². The fourth-order valence-electron chi connectivity index (χ4n) is 4.86. The minimum Gasteiger partial charge on any atom is -0.497 e. The maximum absolute atomic E-state index is 13.1.